The van der Waals surface area contributed by atoms with Gasteiger partial charge in [0.15, 0.2) is 6.29 Å². The lowest BCUT2D eigenvalue weighted by molar-refractivity contribution is -0.305. The molecule has 66 heavy (non-hydrogen) atoms. The number of unbranched alkanes of at least 4 members (excludes halogenated alkanes) is 11. The summed E-state index contributed by atoms with van der Waals surface area (Å²) in [6, 6.07) is 0. The zero-order chi connectivity index (χ0) is 47.8. The average Bonchev–Trinajstić information content (AvgIpc) is 3.32. The predicted molar refractivity (Wildman–Crippen MR) is 274 cm³/mol. The molecule has 6 atom stereocenters. The van der Waals surface area contributed by atoms with Crippen LogP contribution in [-0.4, -0.2) is 89.6 Å². The van der Waals surface area contributed by atoms with Crippen LogP contribution in [0.5, 0.6) is 0 Å². The number of carbonyl (C=O) groups excluding carboxylic acids is 1. The molecular formula is C57H92O9. The highest BCUT2D eigenvalue weighted by Crippen LogP contribution is 2.22. The Morgan fingerprint density at radius 1 is 0.485 bits per heavy atom. The van der Waals surface area contributed by atoms with Crippen LogP contribution in [0.2, 0.25) is 0 Å². The highest BCUT2D eigenvalue weighted by Gasteiger charge is 2.44. The van der Waals surface area contributed by atoms with Crippen molar-refractivity contribution in [2.24, 2.45) is 0 Å². The molecule has 0 aromatic heterocycles. The number of rotatable bonds is 42. The molecule has 1 aliphatic rings. The molecule has 0 aromatic carbocycles. The molecule has 1 fully saturated rings. The van der Waals surface area contributed by atoms with E-state index in [1.54, 1.807) is 0 Å². The summed E-state index contributed by atoms with van der Waals surface area (Å²) in [5, 5.41) is 40.3. The largest absolute Gasteiger partial charge is 0.457 e. The van der Waals surface area contributed by atoms with Gasteiger partial charge >= 0.3 is 5.97 Å². The quantitative estimate of drug-likeness (QED) is 0.0268. The van der Waals surface area contributed by atoms with Gasteiger partial charge in [-0.2, -0.15) is 0 Å². The van der Waals surface area contributed by atoms with E-state index in [1.165, 1.54) is 32.1 Å². The van der Waals surface area contributed by atoms with Gasteiger partial charge in [0.05, 0.1) is 19.8 Å². The van der Waals surface area contributed by atoms with Crippen molar-refractivity contribution in [2.75, 3.05) is 26.4 Å². The van der Waals surface area contributed by atoms with Crippen molar-refractivity contribution >= 4 is 5.97 Å². The van der Waals surface area contributed by atoms with Gasteiger partial charge in [0, 0.05) is 13.0 Å². The first-order chi connectivity index (χ1) is 32.4. The number of ether oxygens (including phenoxy) is 4. The maximum absolute atomic E-state index is 12.8. The molecule has 1 heterocycles. The van der Waals surface area contributed by atoms with E-state index in [1.807, 2.05) is 0 Å². The van der Waals surface area contributed by atoms with E-state index in [2.05, 4.69) is 135 Å². The van der Waals surface area contributed by atoms with Gasteiger partial charge in [-0.15, -0.1) is 0 Å². The van der Waals surface area contributed by atoms with Crippen LogP contribution in [0.1, 0.15) is 168 Å². The standard InChI is InChI=1S/C57H92O9/c1-3-5-7-9-11-13-15-17-19-21-23-24-25-26-27-29-31-33-35-37-39-41-43-45-47-63-49-51(50-64-57-56(62)55(61)54(60)52(48-58)66-57)65-53(59)46-44-42-40-38-36-34-32-30-28-22-20-18-16-14-12-10-8-6-4-2/h5-8,11-14,17-20,23-24,26-28,30,34,36,51-52,54-58,60-62H,3-4,9-10,15-16,21-22,25,29,31-33,35,37-50H2,1-2H3/b7-5-,8-6-,13-11-,14-12-,19-17-,20-18-,24-23-,27-26-,30-28-,36-34-. The minimum atomic E-state index is -1.55. The second-order valence-electron chi connectivity index (χ2n) is 16.8. The fourth-order valence-corrected chi connectivity index (χ4v) is 6.96. The molecule has 1 aliphatic heterocycles. The van der Waals surface area contributed by atoms with Gasteiger partial charge < -0.3 is 39.4 Å². The average molecular weight is 921 g/mol. The van der Waals surface area contributed by atoms with Crippen molar-refractivity contribution in [1.29, 1.82) is 0 Å². The van der Waals surface area contributed by atoms with Crippen molar-refractivity contribution in [3.8, 4) is 0 Å². The Kier molecular flexibility index (Phi) is 42.9. The molecule has 0 saturated carbocycles. The Balaban J connectivity index is 2.25. The first-order valence-electron chi connectivity index (χ1n) is 25.6. The molecule has 0 spiro atoms. The van der Waals surface area contributed by atoms with Gasteiger partial charge in [0.1, 0.15) is 30.5 Å². The predicted octanol–water partition coefficient (Wildman–Crippen LogP) is 12.7. The Morgan fingerprint density at radius 2 is 0.879 bits per heavy atom. The van der Waals surface area contributed by atoms with Crippen molar-refractivity contribution in [3.63, 3.8) is 0 Å². The molecule has 6 unspecified atom stereocenters. The first kappa shape index (κ1) is 60.6. The third kappa shape index (κ3) is 36.7. The summed E-state index contributed by atoms with van der Waals surface area (Å²) in [4.78, 5) is 12.8. The van der Waals surface area contributed by atoms with Crippen LogP contribution in [0.15, 0.2) is 122 Å². The van der Waals surface area contributed by atoms with E-state index in [9.17, 15) is 25.2 Å². The molecular weight excluding hydrogens is 829 g/mol. The van der Waals surface area contributed by atoms with Crippen LogP contribution in [0.25, 0.3) is 0 Å². The number of hydrogen-bond acceptors (Lipinski definition) is 9. The van der Waals surface area contributed by atoms with Gasteiger partial charge in [0.2, 0.25) is 0 Å². The maximum atomic E-state index is 12.8. The highest BCUT2D eigenvalue weighted by atomic mass is 16.7. The molecule has 0 aromatic rings. The van der Waals surface area contributed by atoms with Gasteiger partial charge in [-0.05, 0) is 103 Å². The molecule has 9 nitrogen and oxygen atoms in total. The van der Waals surface area contributed by atoms with Crippen molar-refractivity contribution < 1.29 is 44.2 Å². The lowest BCUT2D eigenvalue weighted by Gasteiger charge is -2.39. The number of aliphatic hydroxyl groups is 4. The summed E-state index contributed by atoms with van der Waals surface area (Å²) in [5.74, 6) is -0.353. The zero-order valence-electron chi connectivity index (χ0n) is 41.1. The van der Waals surface area contributed by atoms with Crippen LogP contribution in [0, 0.1) is 0 Å². The maximum Gasteiger partial charge on any atom is 0.306 e. The SMILES string of the molecule is CC/C=C\C/C=C\C/C=C\C/C=C\C/C=C\CCCCCCCCCCOCC(COC1OC(CO)C(O)C(O)C1O)OC(=O)CCCCC/C=C\C/C=C\C/C=C\C/C=C\C/C=C\CC. The van der Waals surface area contributed by atoms with Crippen LogP contribution in [0.3, 0.4) is 0 Å². The molecule has 0 bridgehead atoms. The van der Waals surface area contributed by atoms with Gasteiger partial charge in [-0.1, -0.05) is 180 Å². The Morgan fingerprint density at radius 3 is 1.32 bits per heavy atom. The van der Waals surface area contributed by atoms with Crippen molar-refractivity contribution in [2.45, 2.75) is 205 Å². The topological polar surface area (TPSA) is 135 Å². The van der Waals surface area contributed by atoms with E-state index in [-0.39, 0.29) is 25.6 Å². The van der Waals surface area contributed by atoms with Crippen LogP contribution >= 0.6 is 0 Å². The summed E-state index contributed by atoms with van der Waals surface area (Å²) < 4.78 is 22.9. The van der Waals surface area contributed by atoms with Crippen LogP contribution in [0.4, 0.5) is 0 Å². The molecule has 4 N–H and O–H groups in total. The summed E-state index contributed by atoms with van der Waals surface area (Å²) in [6.45, 7) is 4.25. The number of allylic oxidation sites excluding steroid dienone is 20. The molecule has 9 heteroatoms. The number of esters is 1. The van der Waals surface area contributed by atoms with E-state index >= 15 is 0 Å². The van der Waals surface area contributed by atoms with E-state index in [4.69, 9.17) is 18.9 Å². The van der Waals surface area contributed by atoms with E-state index < -0.39 is 43.4 Å². The fraction of sp³-hybridized carbons (Fsp3) is 0.632. The summed E-state index contributed by atoms with van der Waals surface area (Å²) >= 11 is 0. The number of hydrogen-bond donors (Lipinski definition) is 4. The monoisotopic (exact) mass is 921 g/mol. The van der Waals surface area contributed by atoms with Crippen LogP contribution < -0.4 is 0 Å². The normalized spacial score (nSPS) is 20.4. The summed E-state index contributed by atoms with van der Waals surface area (Å²) in [7, 11) is 0. The van der Waals surface area contributed by atoms with Gasteiger partial charge in [-0.25, -0.2) is 0 Å². The van der Waals surface area contributed by atoms with Gasteiger partial charge in [-0.3, -0.25) is 4.79 Å². The molecule has 1 saturated heterocycles. The highest BCUT2D eigenvalue weighted by molar-refractivity contribution is 5.69. The summed E-state index contributed by atoms with van der Waals surface area (Å²) in [5.41, 5.74) is 0. The fourth-order valence-electron chi connectivity index (χ4n) is 6.96. The van der Waals surface area contributed by atoms with Crippen LogP contribution in [-0.2, 0) is 23.7 Å². The Bertz CT molecular complexity index is 1420. The molecule has 0 amide bonds. The lowest BCUT2D eigenvalue weighted by atomic mass is 9.99. The Hall–Kier alpha value is -3.41. The van der Waals surface area contributed by atoms with E-state index in [0.717, 1.165) is 109 Å². The lowest BCUT2D eigenvalue weighted by Crippen LogP contribution is -2.59. The van der Waals surface area contributed by atoms with E-state index in [0.29, 0.717) is 13.0 Å². The number of aliphatic hydroxyl groups excluding tert-OH is 4. The molecule has 0 aliphatic carbocycles. The summed E-state index contributed by atoms with van der Waals surface area (Å²) in [6.07, 6.45) is 60.8. The van der Waals surface area contributed by atoms with Crippen molar-refractivity contribution in [1.82, 2.24) is 0 Å². The third-order valence-electron chi connectivity index (χ3n) is 10.9. The minimum Gasteiger partial charge on any atom is -0.457 e. The molecule has 0 radical (unpaired) electrons. The smallest absolute Gasteiger partial charge is 0.306 e. The zero-order valence-corrected chi connectivity index (χ0v) is 41.1. The first-order valence-corrected chi connectivity index (χ1v) is 25.6. The third-order valence-corrected chi connectivity index (χ3v) is 10.9. The molecule has 1 rings (SSSR count). The van der Waals surface area contributed by atoms with Gasteiger partial charge in [0.25, 0.3) is 0 Å². The second-order valence-corrected chi connectivity index (χ2v) is 16.8. The number of carbonyl (C=O) groups is 1. The molecule has 374 valence electrons. The Labute approximate surface area is 401 Å². The second kappa shape index (κ2) is 46.7. The minimum absolute atomic E-state index is 0.116. The van der Waals surface area contributed by atoms with Crippen molar-refractivity contribution in [3.05, 3.63) is 122 Å².